The van der Waals surface area contributed by atoms with Gasteiger partial charge in [-0.2, -0.15) is 0 Å². The molecule has 26 heavy (non-hydrogen) atoms. The Kier molecular flexibility index (Phi) is 4.49. The summed E-state index contributed by atoms with van der Waals surface area (Å²) in [5.74, 6) is -0.183. The molecule has 0 atom stereocenters. The van der Waals surface area contributed by atoms with Crippen molar-refractivity contribution in [2.45, 2.75) is 0 Å². The molecule has 3 aromatic carbocycles. The van der Waals surface area contributed by atoms with E-state index in [1.807, 2.05) is 30.3 Å². The maximum Gasteiger partial charge on any atom is 0.257 e. The van der Waals surface area contributed by atoms with Gasteiger partial charge in [-0.25, -0.2) is 0 Å². The van der Waals surface area contributed by atoms with Gasteiger partial charge in [0.15, 0.2) is 0 Å². The van der Waals surface area contributed by atoms with Gasteiger partial charge in [-0.3, -0.25) is 4.79 Å². The number of nitrogens with one attached hydrogen (secondary N) is 1. The van der Waals surface area contributed by atoms with E-state index in [1.54, 1.807) is 36.4 Å². The van der Waals surface area contributed by atoms with E-state index >= 15 is 0 Å². The van der Waals surface area contributed by atoms with Gasteiger partial charge in [0.25, 0.3) is 5.91 Å². The summed E-state index contributed by atoms with van der Waals surface area (Å²) in [6.07, 6.45) is 0. The smallest absolute Gasteiger partial charge is 0.257 e. The van der Waals surface area contributed by atoms with E-state index in [1.165, 1.54) is 0 Å². The van der Waals surface area contributed by atoms with Crippen molar-refractivity contribution in [3.05, 3.63) is 98.5 Å². The van der Waals surface area contributed by atoms with Gasteiger partial charge in [-0.05, 0) is 47.5 Å². The number of amides is 1. The monoisotopic (exact) mass is 399 g/mol. The van der Waals surface area contributed by atoms with Crippen LogP contribution in [0.3, 0.4) is 0 Å². The van der Waals surface area contributed by atoms with Crippen LogP contribution < -0.4 is 5.32 Å². The van der Waals surface area contributed by atoms with Crippen molar-refractivity contribution >= 4 is 57.5 Å². The quantitative estimate of drug-likeness (QED) is 0.485. The minimum absolute atomic E-state index is 0.183. The van der Waals surface area contributed by atoms with Crippen molar-refractivity contribution in [3.63, 3.8) is 0 Å². The molecule has 1 heterocycles. The first kappa shape index (κ1) is 17.2. The maximum atomic E-state index is 12.8. The molecule has 4 rings (SSSR count). The number of hydrogen-bond donors (Lipinski definition) is 1. The van der Waals surface area contributed by atoms with E-state index in [-0.39, 0.29) is 5.91 Å². The molecular formula is C21H12Cl3NO. The van der Waals surface area contributed by atoms with E-state index in [4.69, 9.17) is 34.8 Å². The summed E-state index contributed by atoms with van der Waals surface area (Å²) in [5.41, 5.74) is 4.46. The number of fused-ring (bicyclic) bond motifs is 1. The molecule has 0 saturated carbocycles. The number of carbonyl (C=O) groups excluding carboxylic acids is 1. The zero-order valence-corrected chi connectivity index (χ0v) is 15.7. The first-order chi connectivity index (χ1) is 12.5. The van der Waals surface area contributed by atoms with Crippen LogP contribution in [0.5, 0.6) is 0 Å². The summed E-state index contributed by atoms with van der Waals surface area (Å²) in [5, 5.41) is 4.48. The molecule has 0 spiro atoms. The van der Waals surface area contributed by atoms with Crippen LogP contribution in [0.4, 0.5) is 5.69 Å². The third-order valence-electron chi connectivity index (χ3n) is 4.19. The Morgan fingerprint density at radius 2 is 1.42 bits per heavy atom. The van der Waals surface area contributed by atoms with E-state index < -0.39 is 0 Å². The summed E-state index contributed by atoms with van der Waals surface area (Å²) in [6, 6.07) is 20.3. The first-order valence-electron chi connectivity index (χ1n) is 7.90. The van der Waals surface area contributed by atoms with Crippen LogP contribution in [-0.2, 0) is 4.79 Å². The molecule has 0 aromatic heterocycles. The van der Waals surface area contributed by atoms with Crippen LogP contribution in [0.2, 0.25) is 15.1 Å². The number of benzene rings is 3. The molecule has 0 radical (unpaired) electrons. The van der Waals surface area contributed by atoms with Gasteiger partial charge >= 0.3 is 0 Å². The summed E-state index contributed by atoms with van der Waals surface area (Å²) >= 11 is 18.6. The summed E-state index contributed by atoms with van der Waals surface area (Å²) in [4.78, 5) is 12.8. The van der Waals surface area contributed by atoms with Crippen LogP contribution in [0.1, 0.15) is 16.7 Å². The van der Waals surface area contributed by atoms with Gasteiger partial charge in [0.05, 0.1) is 5.57 Å². The maximum absolute atomic E-state index is 12.8. The predicted molar refractivity (Wildman–Crippen MR) is 109 cm³/mol. The summed E-state index contributed by atoms with van der Waals surface area (Å²) < 4.78 is 0. The Morgan fingerprint density at radius 3 is 2.12 bits per heavy atom. The minimum Gasteiger partial charge on any atom is -0.321 e. The predicted octanol–water partition coefficient (Wildman–Crippen LogP) is 6.56. The lowest BCUT2D eigenvalue weighted by Crippen LogP contribution is -2.06. The Morgan fingerprint density at radius 1 is 0.731 bits per heavy atom. The zero-order chi connectivity index (χ0) is 18.3. The highest BCUT2D eigenvalue weighted by molar-refractivity contribution is 6.40. The lowest BCUT2D eigenvalue weighted by Gasteiger charge is -2.13. The molecule has 2 nitrogen and oxygen atoms in total. The Hall–Kier alpha value is -2.26. The fraction of sp³-hybridized carbons (Fsp3) is 0. The largest absolute Gasteiger partial charge is 0.321 e. The molecule has 1 amide bonds. The van der Waals surface area contributed by atoms with Gasteiger partial charge < -0.3 is 5.32 Å². The Bertz CT molecular complexity index is 1040. The van der Waals surface area contributed by atoms with Crippen molar-refractivity contribution in [1.29, 1.82) is 0 Å². The first-order valence-corrected chi connectivity index (χ1v) is 9.04. The fourth-order valence-electron chi connectivity index (χ4n) is 3.15. The second-order valence-electron chi connectivity index (χ2n) is 5.92. The summed E-state index contributed by atoms with van der Waals surface area (Å²) in [6.45, 7) is 0. The lowest BCUT2D eigenvalue weighted by molar-refractivity contribution is -0.110. The van der Waals surface area contributed by atoms with Crippen LogP contribution in [0, 0.1) is 0 Å². The summed E-state index contributed by atoms with van der Waals surface area (Å²) in [7, 11) is 0. The minimum atomic E-state index is -0.183. The van der Waals surface area contributed by atoms with Crippen LogP contribution >= 0.6 is 34.8 Å². The highest BCUT2D eigenvalue weighted by atomic mass is 35.5. The molecule has 0 bridgehead atoms. The van der Waals surface area contributed by atoms with Crippen molar-refractivity contribution in [2.24, 2.45) is 0 Å². The third kappa shape index (κ3) is 3.12. The molecular weight excluding hydrogens is 389 g/mol. The number of rotatable bonds is 2. The van der Waals surface area contributed by atoms with Gasteiger partial charge in [-0.15, -0.1) is 0 Å². The van der Waals surface area contributed by atoms with Crippen molar-refractivity contribution in [1.82, 2.24) is 0 Å². The van der Waals surface area contributed by atoms with Crippen molar-refractivity contribution in [3.8, 4) is 0 Å². The van der Waals surface area contributed by atoms with Crippen molar-refractivity contribution in [2.75, 3.05) is 5.32 Å². The van der Waals surface area contributed by atoms with Gasteiger partial charge in [0, 0.05) is 31.9 Å². The molecule has 1 aliphatic rings. The standard InChI is InChI=1S/C21H12Cl3NO/c22-14-6-7-18-17(11-14)20(21(26)25-18)19(12-4-2-1-3-5-12)13-8-15(23)10-16(24)9-13/h1-11H,(H,25,26)/b20-19-. The van der Waals surface area contributed by atoms with E-state index in [9.17, 15) is 4.79 Å². The third-order valence-corrected chi connectivity index (χ3v) is 4.86. The topological polar surface area (TPSA) is 29.1 Å². The number of carbonyl (C=O) groups is 1. The number of hydrogen-bond acceptors (Lipinski definition) is 1. The second-order valence-corrected chi connectivity index (χ2v) is 7.23. The van der Waals surface area contributed by atoms with Gasteiger partial charge in [-0.1, -0.05) is 65.1 Å². The average Bonchev–Trinajstić information content (AvgIpc) is 2.91. The second kappa shape index (κ2) is 6.81. The highest BCUT2D eigenvalue weighted by Gasteiger charge is 2.29. The van der Waals surface area contributed by atoms with Gasteiger partial charge in [0.1, 0.15) is 0 Å². The lowest BCUT2D eigenvalue weighted by atomic mass is 9.90. The highest BCUT2D eigenvalue weighted by Crippen LogP contribution is 2.41. The molecule has 0 saturated heterocycles. The van der Waals surface area contributed by atoms with Crippen LogP contribution in [-0.4, -0.2) is 5.91 Å². The van der Waals surface area contributed by atoms with Gasteiger partial charge in [0.2, 0.25) is 0 Å². The Labute approximate surface area is 166 Å². The average molecular weight is 401 g/mol. The van der Waals surface area contributed by atoms with Crippen LogP contribution in [0.25, 0.3) is 11.1 Å². The SMILES string of the molecule is O=C1Nc2ccc(Cl)cc2/C1=C(\c1ccccc1)c1cc(Cl)cc(Cl)c1. The van der Waals surface area contributed by atoms with Crippen LogP contribution in [0.15, 0.2) is 66.7 Å². The normalized spacial score (nSPS) is 14.8. The molecule has 3 aromatic rings. The Balaban J connectivity index is 2.08. The van der Waals surface area contributed by atoms with E-state index in [0.717, 1.165) is 28.0 Å². The molecule has 1 N–H and O–H groups in total. The zero-order valence-electron chi connectivity index (χ0n) is 13.4. The molecule has 128 valence electrons. The van der Waals surface area contributed by atoms with E-state index in [2.05, 4.69) is 5.32 Å². The fourth-order valence-corrected chi connectivity index (χ4v) is 3.84. The molecule has 1 aliphatic heterocycles. The molecule has 0 aliphatic carbocycles. The van der Waals surface area contributed by atoms with E-state index in [0.29, 0.717) is 20.6 Å². The number of anilines is 1. The van der Waals surface area contributed by atoms with Crippen molar-refractivity contribution < 1.29 is 4.79 Å². The number of halogens is 3. The molecule has 0 unspecified atom stereocenters. The molecule has 5 heteroatoms. The molecule has 0 fully saturated rings.